The molecule has 0 saturated heterocycles. The van der Waals surface area contributed by atoms with Crippen LogP contribution >= 0.6 is 0 Å². The highest BCUT2D eigenvalue weighted by Crippen LogP contribution is 2.30. The smallest absolute Gasteiger partial charge is 0.341 e. The number of carbonyl (C=O) groups is 1. The van der Waals surface area contributed by atoms with Crippen molar-refractivity contribution < 1.29 is 22.7 Å². The Morgan fingerprint density at radius 1 is 1.33 bits per heavy atom. The predicted octanol–water partition coefficient (Wildman–Crippen LogP) is 1.94. The third kappa shape index (κ3) is 3.52. The molecule has 1 aliphatic rings. The van der Waals surface area contributed by atoms with Gasteiger partial charge in [0.1, 0.15) is 17.9 Å². The van der Waals surface area contributed by atoms with Gasteiger partial charge in [0.2, 0.25) is 10.0 Å². The largest absolute Gasteiger partial charge is 0.496 e. The summed E-state index contributed by atoms with van der Waals surface area (Å²) in [5.74, 6) is -0.454. The van der Waals surface area contributed by atoms with Crippen molar-refractivity contribution in [1.29, 1.82) is 5.26 Å². The van der Waals surface area contributed by atoms with Crippen LogP contribution in [-0.2, 0) is 14.8 Å². The zero-order chi connectivity index (χ0) is 17.7. The lowest BCUT2D eigenvalue weighted by molar-refractivity contribution is 0.0597. The molecule has 8 heteroatoms. The number of hydrogen-bond acceptors (Lipinski definition) is 6. The Labute approximate surface area is 141 Å². The molecule has 0 radical (unpaired) electrons. The van der Waals surface area contributed by atoms with Crippen molar-refractivity contribution >= 4 is 16.0 Å². The monoisotopic (exact) mass is 352 g/mol. The van der Waals surface area contributed by atoms with Crippen molar-refractivity contribution in [2.45, 2.75) is 36.6 Å². The lowest BCUT2D eigenvalue weighted by Crippen LogP contribution is -2.39. The van der Waals surface area contributed by atoms with Gasteiger partial charge >= 0.3 is 5.97 Å². The minimum atomic E-state index is -3.89. The van der Waals surface area contributed by atoms with Gasteiger partial charge in [-0.15, -0.1) is 0 Å². The van der Waals surface area contributed by atoms with Crippen LogP contribution in [0.15, 0.2) is 23.1 Å². The van der Waals surface area contributed by atoms with E-state index in [1.54, 1.807) is 0 Å². The number of sulfonamides is 1. The molecule has 1 aromatic carbocycles. The van der Waals surface area contributed by atoms with Crippen LogP contribution in [0.5, 0.6) is 5.75 Å². The second kappa shape index (κ2) is 7.64. The van der Waals surface area contributed by atoms with E-state index in [9.17, 15) is 13.2 Å². The van der Waals surface area contributed by atoms with Crippen LogP contribution in [0.4, 0.5) is 0 Å². The summed E-state index contributed by atoms with van der Waals surface area (Å²) in [7, 11) is -1.29. The SMILES string of the molecule is COC(=O)c1cc(S(=O)(=O)N(CC#N)C2CCCC2)ccc1OC. The molecular weight excluding hydrogens is 332 g/mol. The van der Waals surface area contributed by atoms with Crippen LogP contribution < -0.4 is 4.74 Å². The fraction of sp³-hybridized carbons (Fsp3) is 0.500. The molecule has 0 unspecified atom stereocenters. The second-order valence-electron chi connectivity index (χ2n) is 5.50. The normalized spacial score (nSPS) is 15.2. The Hall–Kier alpha value is -2.11. The molecule has 1 aromatic rings. The van der Waals surface area contributed by atoms with Crippen molar-refractivity contribution in [3.63, 3.8) is 0 Å². The Balaban J connectivity index is 2.47. The molecule has 0 spiro atoms. The molecule has 1 fully saturated rings. The van der Waals surface area contributed by atoms with Gasteiger partial charge in [-0.25, -0.2) is 13.2 Å². The van der Waals surface area contributed by atoms with Gasteiger partial charge in [0.05, 0.1) is 25.2 Å². The highest BCUT2D eigenvalue weighted by atomic mass is 32.2. The molecule has 0 amide bonds. The third-order valence-electron chi connectivity index (χ3n) is 4.14. The first-order valence-electron chi connectivity index (χ1n) is 7.61. The van der Waals surface area contributed by atoms with E-state index in [1.807, 2.05) is 6.07 Å². The quantitative estimate of drug-likeness (QED) is 0.573. The fourth-order valence-corrected chi connectivity index (χ4v) is 4.53. The third-order valence-corrected chi connectivity index (χ3v) is 6.04. The van der Waals surface area contributed by atoms with Gasteiger partial charge in [0.15, 0.2) is 0 Å². The number of nitrogens with zero attached hydrogens (tertiary/aromatic N) is 2. The fourth-order valence-electron chi connectivity index (χ4n) is 2.92. The zero-order valence-corrected chi connectivity index (χ0v) is 14.5. The van der Waals surface area contributed by atoms with Crippen molar-refractivity contribution in [3.8, 4) is 11.8 Å². The summed E-state index contributed by atoms with van der Waals surface area (Å²) in [5.41, 5.74) is 0.0319. The van der Waals surface area contributed by atoms with Crippen LogP contribution in [0.2, 0.25) is 0 Å². The summed E-state index contributed by atoms with van der Waals surface area (Å²) in [6, 6.07) is 5.77. The van der Waals surface area contributed by atoms with E-state index in [0.29, 0.717) is 0 Å². The number of nitriles is 1. The Bertz CT molecular complexity index is 748. The van der Waals surface area contributed by atoms with E-state index >= 15 is 0 Å². The van der Waals surface area contributed by atoms with E-state index < -0.39 is 16.0 Å². The summed E-state index contributed by atoms with van der Waals surface area (Å²) in [6.45, 7) is -0.216. The van der Waals surface area contributed by atoms with Gasteiger partial charge in [-0.05, 0) is 31.0 Å². The Morgan fingerprint density at radius 3 is 2.54 bits per heavy atom. The lowest BCUT2D eigenvalue weighted by Gasteiger charge is -2.25. The highest BCUT2D eigenvalue weighted by Gasteiger charge is 2.34. The van der Waals surface area contributed by atoms with Crippen molar-refractivity contribution in [3.05, 3.63) is 23.8 Å². The minimum absolute atomic E-state index is 0.0319. The number of benzene rings is 1. The topological polar surface area (TPSA) is 96.7 Å². The highest BCUT2D eigenvalue weighted by molar-refractivity contribution is 7.89. The first-order chi connectivity index (χ1) is 11.5. The molecule has 130 valence electrons. The van der Waals surface area contributed by atoms with Crippen molar-refractivity contribution in [2.24, 2.45) is 0 Å². The molecule has 0 aromatic heterocycles. The summed E-state index contributed by atoms with van der Waals surface area (Å²) >= 11 is 0. The number of esters is 1. The Kier molecular flexibility index (Phi) is 5.80. The van der Waals surface area contributed by atoms with Gasteiger partial charge in [-0.1, -0.05) is 12.8 Å². The van der Waals surface area contributed by atoms with E-state index in [1.165, 1.54) is 36.7 Å². The number of rotatable bonds is 6. The van der Waals surface area contributed by atoms with Crippen LogP contribution in [0.25, 0.3) is 0 Å². The second-order valence-corrected chi connectivity index (χ2v) is 7.39. The van der Waals surface area contributed by atoms with E-state index in [-0.39, 0.29) is 28.8 Å². The molecule has 7 nitrogen and oxygen atoms in total. The summed E-state index contributed by atoms with van der Waals surface area (Å²) in [4.78, 5) is 11.8. The minimum Gasteiger partial charge on any atom is -0.496 e. The molecule has 0 atom stereocenters. The van der Waals surface area contributed by atoms with Crippen molar-refractivity contribution in [1.82, 2.24) is 4.31 Å². The molecule has 0 aliphatic heterocycles. The zero-order valence-electron chi connectivity index (χ0n) is 13.7. The van der Waals surface area contributed by atoms with E-state index in [2.05, 4.69) is 4.74 Å². The van der Waals surface area contributed by atoms with Gasteiger partial charge in [0, 0.05) is 6.04 Å². The summed E-state index contributed by atoms with van der Waals surface area (Å²) in [6.07, 6.45) is 3.36. The lowest BCUT2D eigenvalue weighted by atomic mass is 10.2. The average Bonchev–Trinajstić information content (AvgIpc) is 3.12. The molecule has 0 N–H and O–H groups in total. The maximum absolute atomic E-state index is 13.0. The number of ether oxygens (including phenoxy) is 2. The predicted molar refractivity (Wildman–Crippen MR) is 86.1 cm³/mol. The molecular formula is C16H20N2O5S. The number of carbonyl (C=O) groups excluding carboxylic acids is 1. The van der Waals surface area contributed by atoms with Gasteiger partial charge in [-0.2, -0.15) is 9.57 Å². The standard InChI is InChI=1S/C16H20N2O5S/c1-22-15-8-7-13(11-14(15)16(19)23-2)24(20,21)18(10-9-17)12-5-3-4-6-12/h7-8,11-12H,3-6,10H2,1-2H3. The van der Waals surface area contributed by atoms with E-state index in [0.717, 1.165) is 25.7 Å². The molecule has 1 aliphatic carbocycles. The number of hydrogen-bond donors (Lipinski definition) is 0. The van der Waals surface area contributed by atoms with Crippen LogP contribution in [0, 0.1) is 11.3 Å². The molecule has 0 bridgehead atoms. The first kappa shape index (κ1) is 18.2. The number of methoxy groups -OCH3 is 2. The van der Waals surface area contributed by atoms with Crippen LogP contribution in [-0.4, -0.2) is 45.5 Å². The first-order valence-corrected chi connectivity index (χ1v) is 9.05. The maximum Gasteiger partial charge on any atom is 0.341 e. The van der Waals surface area contributed by atoms with Crippen LogP contribution in [0.1, 0.15) is 36.0 Å². The average molecular weight is 352 g/mol. The van der Waals surface area contributed by atoms with Gasteiger partial charge in [0.25, 0.3) is 0 Å². The summed E-state index contributed by atoms with van der Waals surface area (Å²) in [5, 5.41) is 9.02. The summed E-state index contributed by atoms with van der Waals surface area (Å²) < 4.78 is 36.9. The van der Waals surface area contributed by atoms with Gasteiger partial charge < -0.3 is 9.47 Å². The van der Waals surface area contributed by atoms with E-state index in [4.69, 9.17) is 10.00 Å². The Morgan fingerprint density at radius 2 is 2.00 bits per heavy atom. The molecule has 24 heavy (non-hydrogen) atoms. The van der Waals surface area contributed by atoms with Crippen LogP contribution in [0.3, 0.4) is 0 Å². The van der Waals surface area contributed by atoms with Crippen molar-refractivity contribution in [2.75, 3.05) is 20.8 Å². The van der Waals surface area contributed by atoms with Gasteiger partial charge in [-0.3, -0.25) is 0 Å². The molecule has 2 rings (SSSR count). The maximum atomic E-state index is 13.0. The molecule has 0 heterocycles. The molecule has 1 saturated carbocycles.